The first kappa shape index (κ1) is 12.6. The topological polar surface area (TPSA) is 20.3 Å². The summed E-state index contributed by atoms with van der Waals surface area (Å²) in [5.74, 6) is 1.64. The quantitative estimate of drug-likeness (QED) is 0.829. The number of hydrogen-bond acceptors (Lipinski definition) is 3. The molecule has 2 heterocycles. The Morgan fingerprint density at radius 3 is 3.12 bits per heavy atom. The lowest BCUT2D eigenvalue weighted by atomic mass is 10.2. The van der Waals surface area contributed by atoms with Gasteiger partial charge in [-0.2, -0.15) is 0 Å². The van der Waals surface area contributed by atoms with Crippen LogP contribution >= 0.6 is 22.9 Å². The zero-order valence-corrected chi connectivity index (χ0v) is 11.7. The molecule has 90 valence electrons. The van der Waals surface area contributed by atoms with E-state index >= 15 is 0 Å². The van der Waals surface area contributed by atoms with Crippen LogP contribution in [-0.4, -0.2) is 33.2 Å². The van der Waals surface area contributed by atoms with E-state index < -0.39 is 10.8 Å². The molecule has 0 unspecified atom stereocenters. The van der Waals surface area contributed by atoms with Crippen LogP contribution in [0.25, 0.3) is 0 Å². The van der Waals surface area contributed by atoms with Crippen molar-refractivity contribution in [3.8, 4) is 0 Å². The molecule has 0 saturated carbocycles. The van der Waals surface area contributed by atoms with Gasteiger partial charge in [0.05, 0.1) is 5.02 Å². The minimum Gasteiger partial charge on any atom is -0.295 e. The van der Waals surface area contributed by atoms with Crippen molar-refractivity contribution in [3.05, 3.63) is 21.3 Å². The van der Waals surface area contributed by atoms with Crippen LogP contribution in [0.4, 0.5) is 0 Å². The first-order chi connectivity index (χ1) is 7.66. The normalized spacial score (nSPS) is 27.9. The van der Waals surface area contributed by atoms with Gasteiger partial charge in [-0.1, -0.05) is 11.6 Å². The fourth-order valence-electron chi connectivity index (χ4n) is 1.88. The van der Waals surface area contributed by atoms with E-state index in [1.807, 2.05) is 11.4 Å². The van der Waals surface area contributed by atoms with Crippen LogP contribution in [0.5, 0.6) is 0 Å². The third-order valence-electron chi connectivity index (χ3n) is 3.03. The highest BCUT2D eigenvalue weighted by Gasteiger charge is 2.20. The monoisotopic (exact) mass is 277 g/mol. The smallest absolute Gasteiger partial charge is 0.0558 e. The number of rotatable bonds is 2. The van der Waals surface area contributed by atoms with E-state index in [1.54, 1.807) is 11.3 Å². The van der Waals surface area contributed by atoms with Gasteiger partial charge in [0.25, 0.3) is 0 Å². The summed E-state index contributed by atoms with van der Waals surface area (Å²) in [7, 11) is -0.624. The van der Waals surface area contributed by atoms with Gasteiger partial charge in [-0.3, -0.25) is 9.11 Å². The van der Waals surface area contributed by atoms with Crippen molar-refractivity contribution in [2.75, 3.05) is 18.1 Å². The maximum Gasteiger partial charge on any atom is 0.0558 e. The summed E-state index contributed by atoms with van der Waals surface area (Å²) < 4.78 is 11.5. The first-order valence-corrected chi connectivity index (χ1v) is 8.22. The van der Waals surface area contributed by atoms with E-state index in [1.165, 1.54) is 4.88 Å². The van der Waals surface area contributed by atoms with E-state index in [4.69, 9.17) is 11.6 Å². The molecule has 0 spiro atoms. The Kier molecular flexibility index (Phi) is 4.41. The molecule has 1 aliphatic heterocycles. The van der Waals surface area contributed by atoms with E-state index in [2.05, 4.69) is 11.8 Å². The van der Waals surface area contributed by atoms with Gasteiger partial charge in [0.15, 0.2) is 0 Å². The van der Waals surface area contributed by atoms with Crippen LogP contribution in [0, 0.1) is 0 Å². The lowest BCUT2D eigenvalue weighted by Crippen LogP contribution is -2.33. The molecule has 1 aromatic heterocycles. The van der Waals surface area contributed by atoms with Crippen molar-refractivity contribution in [1.82, 2.24) is 4.90 Å². The Labute approximate surface area is 108 Å². The molecule has 2 rings (SSSR count). The highest BCUT2D eigenvalue weighted by molar-refractivity contribution is 7.85. The van der Waals surface area contributed by atoms with Crippen LogP contribution in [0.15, 0.2) is 11.4 Å². The van der Waals surface area contributed by atoms with Gasteiger partial charge in [0.2, 0.25) is 0 Å². The van der Waals surface area contributed by atoms with Crippen molar-refractivity contribution < 1.29 is 4.21 Å². The average Bonchev–Trinajstić information content (AvgIpc) is 2.59. The molecule has 5 heteroatoms. The second kappa shape index (κ2) is 5.63. The van der Waals surface area contributed by atoms with Gasteiger partial charge in [-0.25, -0.2) is 0 Å². The minimum atomic E-state index is -0.624. The summed E-state index contributed by atoms with van der Waals surface area (Å²) in [5.41, 5.74) is 0. The summed E-state index contributed by atoms with van der Waals surface area (Å²) in [5, 5.41) is 2.89. The predicted molar refractivity (Wildman–Crippen MR) is 71.7 cm³/mol. The average molecular weight is 278 g/mol. The molecular formula is C11H16ClNOS2. The van der Waals surface area contributed by atoms with Gasteiger partial charge < -0.3 is 0 Å². The fourth-order valence-corrected chi connectivity index (χ4v) is 4.25. The zero-order valence-electron chi connectivity index (χ0n) is 9.32. The Morgan fingerprint density at radius 1 is 1.62 bits per heavy atom. The summed E-state index contributed by atoms with van der Waals surface area (Å²) >= 11 is 7.80. The predicted octanol–water partition coefficient (Wildman–Crippen LogP) is 2.74. The van der Waals surface area contributed by atoms with Crippen molar-refractivity contribution in [1.29, 1.82) is 0 Å². The molecule has 0 aliphatic carbocycles. The molecule has 1 fully saturated rings. The van der Waals surface area contributed by atoms with Crippen LogP contribution < -0.4 is 0 Å². The molecule has 0 bridgehead atoms. The lowest BCUT2D eigenvalue weighted by molar-refractivity contribution is 0.214. The van der Waals surface area contributed by atoms with E-state index in [0.717, 1.165) is 36.0 Å². The molecule has 1 aromatic rings. The van der Waals surface area contributed by atoms with E-state index in [-0.39, 0.29) is 0 Å². The Balaban J connectivity index is 2.03. The van der Waals surface area contributed by atoms with Crippen LogP contribution in [0.1, 0.15) is 18.2 Å². The molecule has 0 amide bonds. The third-order valence-corrected chi connectivity index (χ3v) is 5.73. The number of nitrogens with zero attached hydrogens (tertiary/aromatic N) is 1. The fraction of sp³-hybridized carbons (Fsp3) is 0.636. The van der Waals surface area contributed by atoms with Gasteiger partial charge >= 0.3 is 0 Å². The minimum absolute atomic E-state index is 0.504. The third kappa shape index (κ3) is 3.06. The van der Waals surface area contributed by atoms with Gasteiger partial charge in [0, 0.05) is 46.3 Å². The maximum absolute atomic E-state index is 11.5. The van der Waals surface area contributed by atoms with Crippen molar-refractivity contribution >= 4 is 33.7 Å². The SMILES string of the molecule is C[C@@H]1CC[S@](=O)CCN1Cc1sccc1Cl. The Hall–Kier alpha value is 0.1000. The van der Waals surface area contributed by atoms with Crippen LogP contribution in [0.3, 0.4) is 0 Å². The summed E-state index contributed by atoms with van der Waals surface area (Å²) in [6, 6.07) is 2.45. The molecule has 1 aliphatic rings. The molecule has 2 atom stereocenters. The molecule has 1 saturated heterocycles. The summed E-state index contributed by atoms with van der Waals surface area (Å²) in [4.78, 5) is 3.61. The summed E-state index contributed by atoms with van der Waals surface area (Å²) in [6.45, 7) is 4.03. The van der Waals surface area contributed by atoms with Crippen molar-refractivity contribution in [2.45, 2.75) is 25.9 Å². The molecule has 16 heavy (non-hydrogen) atoms. The molecule has 0 N–H and O–H groups in total. The zero-order chi connectivity index (χ0) is 11.5. The highest BCUT2D eigenvalue weighted by atomic mass is 35.5. The van der Waals surface area contributed by atoms with Crippen molar-refractivity contribution in [2.24, 2.45) is 0 Å². The number of thiophene rings is 1. The standard InChI is InChI=1S/C11H16ClNOS2/c1-9-3-6-16(14)7-4-13(9)8-11-10(12)2-5-15-11/h2,5,9H,3-4,6-8H2,1H3/t9-,16+/m1/s1. The van der Waals surface area contributed by atoms with Crippen LogP contribution in [-0.2, 0) is 17.3 Å². The van der Waals surface area contributed by atoms with Gasteiger partial charge in [-0.15, -0.1) is 11.3 Å². The summed E-state index contributed by atoms with van der Waals surface area (Å²) in [6.07, 6.45) is 1.02. The van der Waals surface area contributed by atoms with Gasteiger partial charge in [0.1, 0.15) is 0 Å². The Bertz CT molecular complexity index is 380. The lowest BCUT2D eigenvalue weighted by Gasteiger charge is -2.25. The van der Waals surface area contributed by atoms with Crippen LogP contribution in [0.2, 0.25) is 5.02 Å². The largest absolute Gasteiger partial charge is 0.295 e. The number of hydrogen-bond donors (Lipinski definition) is 0. The first-order valence-electron chi connectivity index (χ1n) is 5.47. The second-order valence-electron chi connectivity index (χ2n) is 4.15. The number of halogens is 1. The van der Waals surface area contributed by atoms with Crippen molar-refractivity contribution in [3.63, 3.8) is 0 Å². The van der Waals surface area contributed by atoms with E-state index in [9.17, 15) is 4.21 Å². The maximum atomic E-state index is 11.5. The highest BCUT2D eigenvalue weighted by Crippen LogP contribution is 2.25. The van der Waals surface area contributed by atoms with Gasteiger partial charge in [-0.05, 0) is 24.8 Å². The molecule has 0 aromatic carbocycles. The molecule has 0 radical (unpaired) electrons. The second-order valence-corrected chi connectivity index (χ2v) is 7.25. The van der Waals surface area contributed by atoms with E-state index in [0.29, 0.717) is 6.04 Å². The molecule has 2 nitrogen and oxygen atoms in total. The Morgan fingerprint density at radius 2 is 2.44 bits per heavy atom. The molecular weight excluding hydrogens is 262 g/mol.